The third-order valence-electron chi connectivity index (χ3n) is 8.36. The number of nitrogens with one attached hydrogen (secondary N) is 1. The number of piperazine rings is 1. The van der Waals surface area contributed by atoms with Crippen molar-refractivity contribution in [1.82, 2.24) is 24.6 Å². The first-order chi connectivity index (χ1) is 21.0. The van der Waals surface area contributed by atoms with Gasteiger partial charge in [-0.3, -0.25) is 14.4 Å². The van der Waals surface area contributed by atoms with Crippen LogP contribution in [0, 0.1) is 0 Å². The van der Waals surface area contributed by atoms with Crippen molar-refractivity contribution in [1.29, 1.82) is 0 Å². The molecule has 1 saturated carbocycles. The average molecular weight is 631 g/mol. The number of fused-ring (bicyclic) bond motifs is 1. The van der Waals surface area contributed by atoms with E-state index in [4.69, 9.17) is 9.84 Å². The van der Waals surface area contributed by atoms with Crippen molar-refractivity contribution in [3.05, 3.63) is 53.5 Å². The highest BCUT2D eigenvalue weighted by atomic mass is 19.4. The lowest BCUT2D eigenvalue weighted by Gasteiger charge is -2.42. The summed E-state index contributed by atoms with van der Waals surface area (Å²) < 4.78 is 46.9. The Hall–Kier alpha value is -3.71. The third-order valence-corrected chi connectivity index (χ3v) is 8.36. The van der Waals surface area contributed by atoms with Crippen LogP contribution in [0.5, 0.6) is 0 Å². The molecule has 2 aliphatic rings. The highest BCUT2D eigenvalue weighted by Crippen LogP contribution is 2.36. The summed E-state index contributed by atoms with van der Waals surface area (Å²) in [4.78, 5) is 33.1. The Kier molecular flexibility index (Phi) is 8.89. The molecule has 10 nitrogen and oxygen atoms in total. The molecule has 244 valence electrons. The second-order valence-corrected chi connectivity index (χ2v) is 13.5. The van der Waals surface area contributed by atoms with E-state index >= 15 is 0 Å². The van der Waals surface area contributed by atoms with Crippen molar-refractivity contribution in [2.45, 2.75) is 89.8 Å². The molecular weight excluding hydrogens is 589 g/mol. The Bertz CT molecular complexity index is 1540. The van der Waals surface area contributed by atoms with Crippen LogP contribution in [0.15, 0.2) is 36.5 Å². The average Bonchev–Trinajstić information content (AvgIpc) is 3.38. The molecule has 0 atom stereocenters. The summed E-state index contributed by atoms with van der Waals surface area (Å²) in [6, 6.07) is 7.15. The van der Waals surface area contributed by atoms with Crippen LogP contribution >= 0.6 is 0 Å². The number of hydrogen-bond acceptors (Lipinski definition) is 7. The molecule has 0 bridgehead atoms. The Morgan fingerprint density at radius 1 is 0.956 bits per heavy atom. The van der Waals surface area contributed by atoms with E-state index in [9.17, 15) is 27.9 Å². The normalized spacial score (nSPS) is 20.3. The monoisotopic (exact) mass is 630 g/mol. The first-order valence-corrected chi connectivity index (χ1v) is 15.3. The van der Waals surface area contributed by atoms with Crippen LogP contribution in [-0.2, 0) is 16.5 Å². The number of carbonyl (C=O) groups excluding carboxylic acids is 2. The molecule has 3 aromatic rings. The molecular formula is C32H41F3N6O4. The fraction of sp³-hybridized carbons (Fsp3) is 0.562. The highest BCUT2D eigenvalue weighted by Gasteiger charge is 2.34. The zero-order valence-corrected chi connectivity index (χ0v) is 26.3. The van der Waals surface area contributed by atoms with E-state index in [2.05, 4.69) is 15.2 Å². The van der Waals surface area contributed by atoms with E-state index in [1.54, 1.807) is 30.9 Å². The zero-order chi connectivity index (χ0) is 32.7. The van der Waals surface area contributed by atoms with Crippen molar-refractivity contribution < 1.29 is 32.6 Å². The van der Waals surface area contributed by atoms with Crippen LogP contribution in [-0.4, -0.2) is 79.5 Å². The van der Waals surface area contributed by atoms with Crippen molar-refractivity contribution in [2.75, 3.05) is 31.5 Å². The first kappa shape index (κ1) is 32.7. The van der Waals surface area contributed by atoms with Crippen molar-refractivity contribution in [3.8, 4) is 0 Å². The van der Waals surface area contributed by atoms with Gasteiger partial charge in [0.2, 0.25) is 0 Å². The largest absolute Gasteiger partial charge is 0.444 e. The number of amides is 2. The summed E-state index contributed by atoms with van der Waals surface area (Å²) in [6.45, 7) is 11.6. The second-order valence-electron chi connectivity index (χ2n) is 13.5. The van der Waals surface area contributed by atoms with Crippen LogP contribution in [0.2, 0.25) is 0 Å². The molecule has 0 spiro atoms. The number of rotatable bonds is 5. The van der Waals surface area contributed by atoms with Gasteiger partial charge in [0.05, 0.1) is 17.2 Å². The fourth-order valence-electron chi connectivity index (χ4n) is 6.08. The van der Waals surface area contributed by atoms with Gasteiger partial charge in [-0.15, -0.1) is 0 Å². The number of ether oxygens (including phenoxy) is 1. The van der Waals surface area contributed by atoms with Crippen LogP contribution in [0.1, 0.15) is 88.1 Å². The smallest absolute Gasteiger partial charge is 0.433 e. The SMILES string of the molecule is CC(C)(C)OC(=O)N1CCN(C2CCC(n3cc4cc(NC(=O)c5cccc(C(F)(F)F)n5)c(C(C)(C)O)cc4n3)CC2)CC1. The molecule has 3 heterocycles. The Labute approximate surface area is 260 Å². The Morgan fingerprint density at radius 3 is 2.20 bits per heavy atom. The number of benzene rings is 1. The minimum Gasteiger partial charge on any atom is -0.444 e. The summed E-state index contributed by atoms with van der Waals surface area (Å²) in [5.41, 5.74) is -2.13. The van der Waals surface area contributed by atoms with E-state index in [-0.39, 0.29) is 23.5 Å². The van der Waals surface area contributed by atoms with Gasteiger partial charge in [-0.2, -0.15) is 18.3 Å². The summed E-state index contributed by atoms with van der Waals surface area (Å²) in [6.07, 6.45) is 0.798. The Balaban J connectivity index is 1.26. The molecule has 13 heteroatoms. The summed E-state index contributed by atoms with van der Waals surface area (Å²) in [5.74, 6) is -0.816. The van der Waals surface area contributed by atoms with Gasteiger partial charge in [0.25, 0.3) is 5.91 Å². The lowest BCUT2D eigenvalue weighted by Crippen LogP contribution is -2.53. The van der Waals surface area contributed by atoms with Gasteiger partial charge in [-0.25, -0.2) is 9.78 Å². The highest BCUT2D eigenvalue weighted by molar-refractivity contribution is 6.04. The second kappa shape index (κ2) is 12.2. The molecule has 45 heavy (non-hydrogen) atoms. The molecule has 1 aromatic carbocycles. The van der Waals surface area contributed by atoms with Crippen molar-refractivity contribution in [3.63, 3.8) is 0 Å². The molecule has 2 aromatic heterocycles. The van der Waals surface area contributed by atoms with Gasteiger partial charge < -0.3 is 20.1 Å². The number of pyridine rings is 1. The number of carbonyl (C=O) groups is 2. The predicted molar refractivity (Wildman–Crippen MR) is 163 cm³/mol. The van der Waals surface area contributed by atoms with Crippen molar-refractivity contribution >= 4 is 28.6 Å². The number of alkyl halides is 3. The zero-order valence-electron chi connectivity index (χ0n) is 26.3. The maximum Gasteiger partial charge on any atom is 0.433 e. The summed E-state index contributed by atoms with van der Waals surface area (Å²) in [7, 11) is 0. The topological polar surface area (TPSA) is 113 Å². The summed E-state index contributed by atoms with van der Waals surface area (Å²) in [5, 5.41) is 19.1. The van der Waals surface area contributed by atoms with Crippen LogP contribution in [0.3, 0.4) is 0 Å². The maximum atomic E-state index is 13.2. The molecule has 2 fully saturated rings. The van der Waals surface area contributed by atoms with Crippen LogP contribution < -0.4 is 5.32 Å². The molecule has 1 aliphatic heterocycles. The number of aliphatic hydroxyl groups is 1. The van der Waals surface area contributed by atoms with E-state index in [1.807, 2.05) is 31.6 Å². The number of hydrogen-bond donors (Lipinski definition) is 2. The van der Waals surface area contributed by atoms with Crippen molar-refractivity contribution in [2.24, 2.45) is 0 Å². The van der Waals surface area contributed by atoms with E-state index in [1.165, 1.54) is 6.07 Å². The number of aromatic nitrogens is 3. The number of nitrogens with zero attached hydrogens (tertiary/aromatic N) is 5. The minimum absolute atomic E-state index is 0.176. The molecule has 0 unspecified atom stereocenters. The standard InChI is InChI=1S/C32H41F3N6O4/c1-30(2,3)45-29(43)40-15-13-39(14-16-40)21-9-11-22(12-10-21)41-19-20-17-26(23(31(4,5)44)18-25(20)38-41)37-28(42)24-7-6-8-27(36-24)32(33,34)35/h6-8,17-19,21-22,44H,9-16H2,1-5H3,(H,37,42). The molecule has 1 saturated heterocycles. The van der Waals surface area contributed by atoms with Gasteiger partial charge in [-0.05, 0) is 84.6 Å². The lowest BCUT2D eigenvalue weighted by atomic mass is 9.90. The molecule has 5 rings (SSSR count). The van der Waals surface area contributed by atoms with Gasteiger partial charge >= 0.3 is 12.3 Å². The molecule has 2 N–H and O–H groups in total. The molecule has 1 aliphatic carbocycles. The van der Waals surface area contributed by atoms with E-state index < -0.39 is 29.0 Å². The van der Waals surface area contributed by atoms with Crippen LogP contribution in [0.25, 0.3) is 10.9 Å². The number of anilines is 1. The molecule has 2 amide bonds. The predicted octanol–water partition coefficient (Wildman–Crippen LogP) is 5.97. The maximum absolute atomic E-state index is 13.2. The van der Waals surface area contributed by atoms with E-state index in [0.717, 1.165) is 56.3 Å². The van der Waals surface area contributed by atoms with Gasteiger partial charge in [0.15, 0.2) is 0 Å². The molecule has 0 radical (unpaired) electrons. The van der Waals surface area contributed by atoms with E-state index in [0.29, 0.717) is 30.2 Å². The number of halogens is 3. The lowest BCUT2D eigenvalue weighted by molar-refractivity contribution is -0.141. The third kappa shape index (κ3) is 7.75. The Morgan fingerprint density at radius 2 is 1.60 bits per heavy atom. The minimum atomic E-state index is -4.68. The van der Waals surface area contributed by atoms with Gasteiger partial charge in [0.1, 0.15) is 17.0 Å². The first-order valence-electron chi connectivity index (χ1n) is 15.3. The fourth-order valence-corrected chi connectivity index (χ4v) is 6.08. The van der Waals surface area contributed by atoms with Gasteiger partial charge in [0, 0.05) is 55.1 Å². The summed E-state index contributed by atoms with van der Waals surface area (Å²) >= 11 is 0. The van der Waals surface area contributed by atoms with Crippen LogP contribution in [0.4, 0.5) is 23.7 Å². The quantitative estimate of drug-likeness (QED) is 0.358. The van der Waals surface area contributed by atoms with Gasteiger partial charge in [-0.1, -0.05) is 6.07 Å².